The van der Waals surface area contributed by atoms with Gasteiger partial charge in [0.25, 0.3) is 6.43 Å². The van der Waals surface area contributed by atoms with Crippen LogP contribution in [0.1, 0.15) is 18.5 Å². The summed E-state index contributed by atoms with van der Waals surface area (Å²) in [6.45, 7) is 0.977. The van der Waals surface area contributed by atoms with Crippen LogP contribution in [0.3, 0.4) is 0 Å². The van der Waals surface area contributed by atoms with Crippen LogP contribution in [0.15, 0.2) is 36.7 Å². The van der Waals surface area contributed by atoms with Crippen LogP contribution in [-0.4, -0.2) is 38.4 Å². The number of nitrogens with zero attached hydrogens (tertiary/aromatic N) is 4. The summed E-state index contributed by atoms with van der Waals surface area (Å²) in [7, 11) is 1.52. The molecule has 0 radical (unpaired) electrons. The zero-order valence-corrected chi connectivity index (χ0v) is 15.5. The van der Waals surface area contributed by atoms with Gasteiger partial charge in [-0.05, 0) is 24.3 Å². The van der Waals surface area contributed by atoms with Crippen molar-refractivity contribution in [1.29, 1.82) is 0 Å². The van der Waals surface area contributed by atoms with Crippen LogP contribution in [0.2, 0.25) is 0 Å². The van der Waals surface area contributed by atoms with Crippen LogP contribution in [0.5, 0.6) is 11.8 Å². The van der Waals surface area contributed by atoms with Gasteiger partial charge in [0.2, 0.25) is 11.8 Å². The molecule has 5 rings (SSSR count). The molecule has 148 valence electrons. The number of rotatable bonds is 4. The Hall–Kier alpha value is -3.49. The second-order valence-corrected chi connectivity index (χ2v) is 6.63. The highest BCUT2D eigenvalue weighted by Crippen LogP contribution is 2.47. The quantitative estimate of drug-likeness (QED) is 0.558. The number of pyridine rings is 2. The highest BCUT2D eigenvalue weighted by Gasteiger charge is 2.32. The smallest absolute Gasteiger partial charge is 0.282 e. The highest BCUT2D eigenvalue weighted by molar-refractivity contribution is 6.04. The van der Waals surface area contributed by atoms with Crippen molar-refractivity contribution in [3.8, 4) is 34.1 Å². The summed E-state index contributed by atoms with van der Waals surface area (Å²) in [6, 6.07) is 7.28. The molecule has 0 bridgehead atoms. The predicted octanol–water partition coefficient (Wildman–Crippen LogP) is 4.22. The number of alkyl halides is 2. The minimum Gasteiger partial charge on any atom is -0.481 e. The maximum Gasteiger partial charge on any atom is 0.282 e. The van der Waals surface area contributed by atoms with Gasteiger partial charge in [-0.15, -0.1) is 0 Å². The van der Waals surface area contributed by atoms with Crippen LogP contribution in [0.4, 0.5) is 8.78 Å². The maximum atomic E-state index is 13.9. The van der Waals surface area contributed by atoms with Crippen LogP contribution < -0.4 is 9.47 Å². The molecular weight excluding hydrogens is 380 g/mol. The first-order valence-corrected chi connectivity index (χ1v) is 9.17. The number of aromatic nitrogens is 5. The Morgan fingerprint density at radius 2 is 2.00 bits per heavy atom. The molecule has 0 atom stereocenters. The van der Waals surface area contributed by atoms with Crippen molar-refractivity contribution in [3.05, 3.63) is 42.4 Å². The minimum atomic E-state index is -2.75. The molecule has 0 saturated carbocycles. The summed E-state index contributed by atoms with van der Waals surface area (Å²) in [6.07, 6.45) is 1.22. The fourth-order valence-corrected chi connectivity index (χ4v) is 3.77. The Kier molecular flexibility index (Phi) is 4.15. The molecule has 1 N–H and O–H groups in total. The monoisotopic (exact) mass is 397 g/mol. The predicted molar refractivity (Wildman–Crippen MR) is 102 cm³/mol. The number of fused-ring (bicyclic) bond motifs is 2. The summed E-state index contributed by atoms with van der Waals surface area (Å²) >= 11 is 0. The number of halogens is 2. The lowest BCUT2D eigenvalue weighted by Gasteiger charge is -2.16. The van der Waals surface area contributed by atoms with E-state index >= 15 is 0 Å². The normalized spacial score (nSPS) is 13.5. The van der Waals surface area contributed by atoms with E-state index in [9.17, 15) is 8.78 Å². The Morgan fingerprint density at radius 3 is 2.83 bits per heavy atom. The Bertz CT molecular complexity index is 1200. The number of H-pyrrole nitrogens is 1. The van der Waals surface area contributed by atoms with E-state index in [1.807, 2.05) is 12.1 Å². The van der Waals surface area contributed by atoms with Gasteiger partial charge in [0, 0.05) is 41.9 Å². The third-order valence-electron chi connectivity index (χ3n) is 4.95. The molecule has 0 amide bonds. The Labute approximate surface area is 164 Å². The molecular formula is C20H17F2N5O2. The number of aromatic amines is 1. The second kappa shape index (κ2) is 6.84. The molecule has 1 aliphatic heterocycles. The average Bonchev–Trinajstić information content (AvgIpc) is 3.32. The number of hydrogen-bond acceptors (Lipinski definition) is 5. The largest absolute Gasteiger partial charge is 0.481 e. The standard InChI is InChI=1S/C20H17F2N5O2/c1-28-19-12(6-3-8-24-19)13-11-5-2-7-23-18(11)25-15(13)14-16(17(21)22)26-27-9-4-10-29-20(14)27/h2-3,5-8,17H,4,9-10H2,1H3,(H,23,25). The Balaban J connectivity index is 1.87. The van der Waals surface area contributed by atoms with Crippen molar-refractivity contribution in [2.75, 3.05) is 13.7 Å². The molecule has 4 aromatic rings. The van der Waals surface area contributed by atoms with E-state index < -0.39 is 6.43 Å². The molecule has 0 unspecified atom stereocenters. The minimum absolute atomic E-state index is 0.249. The van der Waals surface area contributed by atoms with Gasteiger partial charge in [0.15, 0.2) is 0 Å². The molecule has 4 aromatic heterocycles. The molecule has 5 heterocycles. The van der Waals surface area contributed by atoms with E-state index in [-0.39, 0.29) is 11.3 Å². The molecule has 0 aliphatic carbocycles. The highest BCUT2D eigenvalue weighted by atomic mass is 19.3. The van der Waals surface area contributed by atoms with Crippen molar-refractivity contribution >= 4 is 11.0 Å². The van der Waals surface area contributed by atoms with Gasteiger partial charge in [-0.1, -0.05) is 0 Å². The first kappa shape index (κ1) is 17.6. The third kappa shape index (κ3) is 2.72. The van der Waals surface area contributed by atoms with Crippen molar-refractivity contribution in [1.82, 2.24) is 24.7 Å². The van der Waals surface area contributed by atoms with Crippen LogP contribution in [0, 0.1) is 0 Å². The molecule has 29 heavy (non-hydrogen) atoms. The van der Waals surface area contributed by atoms with Gasteiger partial charge in [-0.2, -0.15) is 5.10 Å². The molecule has 9 heteroatoms. The van der Waals surface area contributed by atoms with E-state index in [1.54, 1.807) is 24.5 Å². The number of nitrogens with one attached hydrogen (secondary N) is 1. The van der Waals surface area contributed by atoms with Gasteiger partial charge < -0.3 is 14.5 Å². The topological polar surface area (TPSA) is 77.9 Å². The Morgan fingerprint density at radius 1 is 1.17 bits per heavy atom. The van der Waals surface area contributed by atoms with Crippen LogP contribution >= 0.6 is 0 Å². The van der Waals surface area contributed by atoms with Crippen molar-refractivity contribution in [2.24, 2.45) is 0 Å². The SMILES string of the molecule is COc1ncccc1-c1c(-c2c(C(F)F)nn3c2OCCC3)[nH]c2ncccc12. The first-order valence-electron chi connectivity index (χ1n) is 9.17. The van der Waals surface area contributed by atoms with Gasteiger partial charge in [0.1, 0.15) is 11.3 Å². The maximum absolute atomic E-state index is 13.9. The summed E-state index contributed by atoms with van der Waals surface area (Å²) in [5, 5.41) is 4.90. The van der Waals surface area contributed by atoms with E-state index in [1.165, 1.54) is 11.8 Å². The number of aryl methyl sites for hydroxylation is 1. The number of methoxy groups -OCH3 is 1. The fourth-order valence-electron chi connectivity index (χ4n) is 3.77. The average molecular weight is 397 g/mol. The number of ether oxygens (including phenoxy) is 2. The van der Waals surface area contributed by atoms with E-state index in [0.717, 1.165) is 5.39 Å². The molecule has 7 nitrogen and oxygen atoms in total. The van der Waals surface area contributed by atoms with Crippen molar-refractivity contribution in [2.45, 2.75) is 19.4 Å². The van der Waals surface area contributed by atoms with Crippen LogP contribution in [-0.2, 0) is 6.54 Å². The van der Waals surface area contributed by atoms with E-state index in [4.69, 9.17) is 9.47 Å². The lowest BCUT2D eigenvalue weighted by atomic mass is 9.99. The lowest BCUT2D eigenvalue weighted by Crippen LogP contribution is -2.15. The fraction of sp³-hybridized carbons (Fsp3) is 0.250. The van der Waals surface area contributed by atoms with Crippen molar-refractivity contribution in [3.63, 3.8) is 0 Å². The lowest BCUT2D eigenvalue weighted by molar-refractivity contribution is 0.145. The zero-order chi connectivity index (χ0) is 20.0. The van der Waals surface area contributed by atoms with Crippen LogP contribution in [0.25, 0.3) is 33.4 Å². The van der Waals surface area contributed by atoms with Gasteiger partial charge >= 0.3 is 0 Å². The third-order valence-corrected chi connectivity index (χ3v) is 4.95. The second-order valence-electron chi connectivity index (χ2n) is 6.63. The molecule has 0 fully saturated rings. The number of hydrogen-bond donors (Lipinski definition) is 1. The van der Waals surface area contributed by atoms with Gasteiger partial charge in [-0.3, -0.25) is 0 Å². The van der Waals surface area contributed by atoms with E-state index in [0.29, 0.717) is 53.8 Å². The first-order chi connectivity index (χ1) is 14.2. The molecule has 0 saturated heterocycles. The zero-order valence-electron chi connectivity index (χ0n) is 15.5. The molecule has 0 spiro atoms. The summed E-state index contributed by atoms with van der Waals surface area (Å²) < 4.78 is 40.6. The van der Waals surface area contributed by atoms with Crippen molar-refractivity contribution < 1.29 is 18.3 Å². The van der Waals surface area contributed by atoms with Gasteiger partial charge in [0.05, 0.1) is 25.0 Å². The van der Waals surface area contributed by atoms with Gasteiger partial charge in [-0.25, -0.2) is 23.4 Å². The summed E-state index contributed by atoms with van der Waals surface area (Å²) in [4.78, 5) is 11.8. The summed E-state index contributed by atoms with van der Waals surface area (Å²) in [5.74, 6) is 0.723. The molecule has 1 aliphatic rings. The molecule has 0 aromatic carbocycles. The summed E-state index contributed by atoms with van der Waals surface area (Å²) in [5.41, 5.74) is 2.30. The van der Waals surface area contributed by atoms with E-state index in [2.05, 4.69) is 20.1 Å².